The third kappa shape index (κ3) is 5.61. The first-order valence-electron chi connectivity index (χ1n) is 3.95. The van der Waals surface area contributed by atoms with Crippen LogP contribution in [0.3, 0.4) is 0 Å². The van der Waals surface area contributed by atoms with Crippen LogP contribution in [0.2, 0.25) is 0 Å². The van der Waals surface area contributed by atoms with Gasteiger partial charge in [0.25, 0.3) is 0 Å². The van der Waals surface area contributed by atoms with Crippen LogP contribution in [0.1, 0.15) is 12.8 Å². The monoisotopic (exact) mass is 223 g/mol. The first-order valence-corrected chi connectivity index (χ1v) is 5.58. The lowest BCUT2D eigenvalue weighted by Gasteiger charge is -2.03. The average Bonchev–Trinajstić information content (AvgIpc) is 2.10. The lowest BCUT2D eigenvalue weighted by atomic mass is 10.1. The molecule has 0 heterocycles. The van der Waals surface area contributed by atoms with E-state index in [0.29, 0.717) is 0 Å². The summed E-state index contributed by atoms with van der Waals surface area (Å²) in [6.07, 6.45) is -1.07. The molecule has 14 heavy (non-hydrogen) atoms. The predicted octanol–water partition coefficient (Wildman–Crippen LogP) is 0.329. The Balaban J connectivity index is 4.09. The molecule has 0 aromatic rings. The average molecular weight is 223 g/mol. The number of aliphatic hydroxyl groups excluding tert-OH is 1. The van der Waals surface area contributed by atoms with Crippen LogP contribution in [-0.4, -0.2) is 39.8 Å². The lowest BCUT2D eigenvalue weighted by molar-refractivity contribution is -0.142. The maximum Gasteiger partial charge on any atom is 0.367 e. The van der Waals surface area contributed by atoms with Crippen molar-refractivity contribution in [3.63, 3.8) is 0 Å². The molecular weight excluding hydrogens is 211 g/mol. The normalized spacial score (nSPS) is 13.4. The van der Waals surface area contributed by atoms with Crippen LogP contribution < -0.4 is 0 Å². The number of carbonyl (C=O) groups is 2. The Morgan fingerprint density at radius 1 is 1.29 bits per heavy atom. The smallest absolute Gasteiger partial charge is 0.367 e. The molecule has 0 saturated heterocycles. The summed E-state index contributed by atoms with van der Waals surface area (Å²) in [5.41, 5.74) is 0. The van der Waals surface area contributed by atoms with Crippen LogP contribution in [0, 0.1) is 5.92 Å². The number of rotatable bonds is 7. The van der Waals surface area contributed by atoms with Gasteiger partial charge in [0.2, 0.25) is 6.35 Å². The highest BCUT2D eigenvalue weighted by molar-refractivity contribution is 7.44. The van der Waals surface area contributed by atoms with E-state index < -0.39 is 32.0 Å². The SMILES string of the molecule is O=C(O)CCC(C[P+](=O)CO)C(=O)O. The summed E-state index contributed by atoms with van der Waals surface area (Å²) in [6, 6.07) is 0. The molecule has 0 spiro atoms. The molecule has 0 aromatic carbocycles. The third-order valence-electron chi connectivity index (χ3n) is 1.64. The maximum atomic E-state index is 10.9. The summed E-state index contributed by atoms with van der Waals surface area (Å²) in [7, 11) is -1.95. The van der Waals surface area contributed by atoms with Crippen LogP contribution in [0.25, 0.3) is 0 Å². The zero-order chi connectivity index (χ0) is 11.1. The minimum absolute atomic E-state index is 0.0637. The van der Waals surface area contributed by atoms with Gasteiger partial charge in [0.15, 0.2) is 6.16 Å². The topological polar surface area (TPSA) is 112 Å². The van der Waals surface area contributed by atoms with Gasteiger partial charge in [-0.2, -0.15) is 0 Å². The second kappa shape index (κ2) is 6.45. The van der Waals surface area contributed by atoms with E-state index in [-0.39, 0.29) is 19.0 Å². The van der Waals surface area contributed by atoms with E-state index in [4.69, 9.17) is 15.3 Å². The molecule has 2 atom stereocenters. The molecule has 0 fully saturated rings. The van der Waals surface area contributed by atoms with Crippen molar-refractivity contribution in [2.45, 2.75) is 12.8 Å². The van der Waals surface area contributed by atoms with Crippen molar-refractivity contribution in [1.82, 2.24) is 0 Å². The molecule has 0 amide bonds. The van der Waals surface area contributed by atoms with Gasteiger partial charge in [-0.25, -0.2) is 0 Å². The van der Waals surface area contributed by atoms with E-state index in [0.717, 1.165) is 0 Å². The molecular formula is C7H12O6P+. The highest BCUT2D eigenvalue weighted by Crippen LogP contribution is 2.25. The summed E-state index contributed by atoms with van der Waals surface area (Å²) in [6.45, 7) is 0. The van der Waals surface area contributed by atoms with Crippen molar-refractivity contribution in [1.29, 1.82) is 0 Å². The fraction of sp³-hybridized carbons (Fsp3) is 0.714. The zero-order valence-electron chi connectivity index (χ0n) is 7.42. The molecule has 0 aliphatic rings. The molecule has 80 valence electrons. The van der Waals surface area contributed by atoms with Gasteiger partial charge in [-0.15, -0.1) is 0 Å². The van der Waals surface area contributed by atoms with Crippen molar-refractivity contribution < 1.29 is 29.5 Å². The summed E-state index contributed by atoms with van der Waals surface area (Å²) in [4.78, 5) is 20.7. The van der Waals surface area contributed by atoms with Gasteiger partial charge >= 0.3 is 19.7 Å². The minimum Gasteiger partial charge on any atom is -0.481 e. The van der Waals surface area contributed by atoms with E-state index in [1.165, 1.54) is 0 Å². The second-order valence-corrected chi connectivity index (χ2v) is 4.38. The fourth-order valence-corrected chi connectivity index (χ4v) is 1.84. The number of carboxylic acid groups (broad SMARTS) is 2. The molecule has 0 radical (unpaired) electrons. The Bertz CT molecular complexity index is 238. The quantitative estimate of drug-likeness (QED) is 0.536. The molecule has 2 unspecified atom stereocenters. The van der Waals surface area contributed by atoms with E-state index in [1.807, 2.05) is 0 Å². The maximum absolute atomic E-state index is 10.9. The zero-order valence-corrected chi connectivity index (χ0v) is 8.31. The molecule has 3 N–H and O–H groups in total. The molecule has 0 aromatic heterocycles. The van der Waals surface area contributed by atoms with Crippen molar-refractivity contribution in [3.05, 3.63) is 0 Å². The van der Waals surface area contributed by atoms with E-state index >= 15 is 0 Å². The van der Waals surface area contributed by atoms with E-state index in [1.54, 1.807) is 0 Å². The summed E-state index contributed by atoms with van der Waals surface area (Å²) in [5.74, 6) is -3.22. The van der Waals surface area contributed by atoms with E-state index in [9.17, 15) is 14.2 Å². The molecule has 0 bridgehead atoms. The first kappa shape index (κ1) is 13.0. The Morgan fingerprint density at radius 3 is 2.21 bits per heavy atom. The van der Waals surface area contributed by atoms with Gasteiger partial charge in [0.05, 0.1) is 0 Å². The van der Waals surface area contributed by atoms with Gasteiger partial charge in [-0.3, -0.25) is 9.59 Å². The first-order chi connectivity index (χ1) is 6.47. The Labute approximate surface area is 81.3 Å². The highest BCUT2D eigenvalue weighted by Gasteiger charge is 2.28. The van der Waals surface area contributed by atoms with Gasteiger partial charge in [0.1, 0.15) is 5.92 Å². The van der Waals surface area contributed by atoms with Gasteiger partial charge < -0.3 is 15.3 Å². The molecule has 0 rings (SSSR count). The van der Waals surface area contributed by atoms with Crippen LogP contribution in [0.5, 0.6) is 0 Å². The molecule has 0 aliphatic heterocycles. The molecule has 6 nitrogen and oxygen atoms in total. The van der Waals surface area contributed by atoms with Gasteiger partial charge in [-0.1, -0.05) is 4.57 Å². The Hall–Kier alpha value is -1.00. The number of aliphatic hydroxyl groups is 1. The Morgan fingerprint density at radius 2 is 1.86 bits per heavy atom. The number of carboxylic acids is 2. The van der Waals surface area contributed by atoms with Crippen LogP contribution in [0.15, 0.2) is 0 Å². The largest absolute Gasteiger partial charge is 0.481 e. The highest BCUT2D eigenvalue weighted by atomic mass is 31.1. The van der Waals surface area contributed by atoms with Crippen LogP contribution in [0.4, 0.5) is 0 Å². The predicted molar refractivity (Wildman–Crippen MR) is 47.6 cm³/mol. The van der Waals surface area contributed by atoms with Gasteiger partial charge in [0, 0.05) is 6.42 Å². The number of aliphatic carboxylic acids is 2. The van der Waals surface area contributed by atoms with Crippen molar-refractivity contribution in [3.8, 4) is 0 Å². The lowest BCUT2D eigenvalue weighted by Crippen LogP contribution is -2.18. The Kier molecular flexibility index (Phi) is 5.99. The van der Waals surface area contributed by atoms with Crippen molar-refractivity contribution in [2.75, 3.05) is 12.5 Å². The van der Waals surface area contributed by atoms with Crippen molar-refractivity contribution in [2.24, 2.45) is 5.92 Å². The molecule has 7 heteroatoms. The number of hydrogen-bond donors (Lipinski definition) is 3. The fourth-order valence-electron chi connectivity index (χ4n) is 0.894. The van der Waals surface area contributed by atoms with Crippen LogP contribution >= 0.6 is 7.80 Å². The van der Waals surface area contributed by atoms with Crippen molar-refractivity contribution >= 4 is 19.7 Å². The summed E-state index contributed by atoms with van der Waals surface area (Å²) < 4.78 is 10.9. The molecule has 0 aliphatic carbocycles. The second-order valence-electron chi connectivity index (χ2n) is 2.77. The standard InChI is InChI=1S/C7H11O6P/c8-4-14(13)3-5(7(11)12)1-2-6(9)10/h5,8H,1-4H2,(H-,9,10,11,12)/p+1. The summed E-state index contributed by atoms with van der Waals surface area (Å²) >= 11 is 0. The van der Waals surface area contributed by atoms with Crippen LogP contribution in [-0.2, 0) is 14.2 Å². The van der Waals surface area contributed by atoms with E-state index in [2.05, 4.69) is 0 Å². The number of hydrogen-bond acceptors (Lipinski definition) is 4. The molecule has 0 saturated carbocycles. The summed E-state index contributed by atoms with van der Waals surface area (Å²) in [5, 5.41) is 25.4. The van der Waals surface area contributed by atoms with Gasteiger partial charge in [-0.05, 0) is 6.42 Å². The minimum atomic E-state index is -1.95. The third-order valence-corrected chi connectivity index (χ3v) is 2.80.